The van der Waals surface area contributed by atoms with Crippen molar-refractivity contribution < 1.29 is 4.74 Å². The van der Waals surface area contributed by atoms with Crippen LogP contribution in [0.1, 0.15) is 19.4 Å². The Morgan fingerprint density at radius 1 is 1.50 bits per heavy atom. The maximum atomic E-state index is 6.06. The van der Waals surface area contributed by atoms with Gasteiger partial charge in [0.15, 0.2) is 0 Å². The van der Waals surface area contributed by atoms with Crippen LogP contribution >= 0.6 is 11.6 Å². The van der Waals surface area contributed by atoms with Crippen molar-refractivity contribution >= 4 is 11.6 Å². The largest absolute Gasteiger partial charge is 0.479 e. The van der Waals surface area contributed by atoms with Gasteiger partial charge in [0, 0.05) is 12.6 Å². The third-order valence-corrected chi connectivity index (χ3v) is 2.32. The molecule has 0 radical (unpaired) electrons. The molecule has 16 heavy (non-hydrogen) atoms. The van der Waals surface area contributed by atoms with Crippen molar-refractivity contribution in [3.63, 3.8) is 0 Å². The maximum Gasteiger partial charge on any atom is 0.148 e. The third-order valence-electron chi connectivity index (χ3n) is 2.02. The molecule has 86 valence electrons. The van der Waals surface area contributed by atoms with Gasteiger partial charge in [-0.1, -0.05) is 37.4 Å². The summed E-state index contributed by atoms with van der Waals surface area (Å²) >= 11 is 6.06. The van der Waals surface area contributed by atoms with Crippen LogP contribution < -0.4 is 10.1 Å². The van der Waals surface area contributed by atoms with Crippen molar-refractivity contribution in [3.05, 3.63) is 28.8 Å². The summed E-state index contributed by atoms with van der Waals surface area (Å²) in [6, 6.07) is 6.17. The summed E-state index contributed by atoms with van der Waals surface area (Å²) in [5.74, 6) is 3.04. The molecule has 0 aliphatic heterocycles. The van der Waals surface area contributed by atoms with Gasteiger partial charge in [-0.25, -0.2) is 0 Å². The zero-order valence-corrected chi connectivity index (χ0v) is 10.3. The molecule has 0 atom stereocenters. The van der Waals surface area contributed by atoms with E-state index in [-0.39, 0.29) is 6.61 Å². The molecule has 0 aliphatic rings. The van der Waals surface area contributed by atoms with Crippen molar-refractivity contribution in [1.29, 1.82) is 0 Å². The molecule has 0 amide bonds. The Balaban J connectivity index is 2.64. The first-order valence-electron chi connectivity index (χ1n) is 5.21. The van der Waals surface area contributed by atoms with Crippen LogP contribution in [0.25, 0.3) is 0 Å². The lowest BCUT2D eigenvalue weighted by atomic mass is 10.2. The molecule has 1 aromatic rings. The van der Waals surface area contributed by atoms with Crippen LogP contribution in [0, 0.1) is 12.3 Å². The predicted octanol–water partition coefficient (Wildman–Crippen LogP) is 2.85. The second-order valence-electron chi connectivity index (χ2n) is 3.79. The van der Waals surface area contributed by atoms with Crippen molar-refractivity contribution in [2.75, 3.05) is 6.61 Å². The van der Waals surface area contributed by atoms with Gasteiger partial charge in [-0.3, -0.25) is 0 Å². The van der Waals surface area contributed by atoms with Crippen LogP contribution in [0.3, 0.4) is 0 Å². The molecule has 0 fully saturated rings. The minimum atomic E-state index is 0.239. The van der Waals surface area contributed by atoms with Crippen molar-refractivity contribution in [1.82, 2.24) is 5.32 Å². The molecule has 0 aliphatic carbocycles. The molecule has 1 aromatic carbocycles. The topological polar surface area (TPSA) is 21.3 Å². The van der Waals surface area contributed by atoms with Gasteiger partial charge >= 0.3 is 0 Å². The highest BCUT2D eigenvalue weighted by atomic mass is 35.5. The van der Waals surface area contributed by atoms with E-state index < -0.39 is 0 Å². The molecule has 0 heterocycles. The van der Waals surface area contributed by atoms with E-state index in [0.717, 1.165) is 12.1 Å². The van der Waals surface area contributed by atoms with Gasteiger partial charge in [-0.05, 0) is 17.7 Å². The fraction of sp³-hybridized carbons (Fsp3) is 0.385. The Kier molecular flexibility index (Phi) is 5.18. The van der Waals surface area contributed by atoms with Gasteiger partial charge < -0.3 is 10.1 Å². The molecule has 0 spiro atoms. The van der Waals surface area contributed by atoms with Gasteiger partial charge in [0.05, 0.1) is 5.02 Å². The average Bonchev–Trinajstić information content (AvgIpc) is 2.25. The van der Waals surface area contributed by atoms with Crippen molar-refractivity contribution in [2.24, 2.45) is 0 Å². The Labute approximate surface area is 102 Å². The summed E-state index contributed by atoms with van der Waals surface area (Å²) in [6.45, 7) is 5.24. The highest BCUT2D eigenvalue weighted by Gasteiger charge is 2.03. The third kappa shape index (κ3) is 4.14. The molecule has 2 nitrogen and oxygen atoms in total. The SMILES string of the molecule is C#CCOc1ccc(CNC(C)C)cc1Cl. The van der Waals surface area contributed by atoms with E-state index in [1.807, 2.05) is 18.2 Å². The van der Waals surface area contributed by atoms with Gasteiger partial charge in [0.1, 0.15) is 12.4 Å². The van der Waals surface area contributed by atoms with Crippen LogP contribution in [0.4, 0.5) is 0 Å². The Bertz CT molecular complexity index is 382. The Morgan fingerprint density at radius 2 is 2.25 bits per heavy atom. The first kappa shape index (κ1) is 12.9. The van der Waals surface area contributed by atoms with Crippen LogP contribution in [-0.2, 0) is 6.54 Å². The molecular weight excluding hydrogens is 222 g/mol. The molecule has 0 unspecified atom stereocenters. The zero-order chi connectivity index (χ0) is 12.0. The van der Waals surface area contributed by atoms with Gasteiger partial charge in [0.2, 0.25) is 0 Å². The first-order chi connectivity index (χ1) is 7.63. The molecule has 1 N–H and O–H groups in total. The molecule has 3 heteroatoms. The summed E-state index contributed by atoms with van der Waals surface area (Å²) < 4.78 is 5.28. The second-order valence-corrected chi connectivity index (χ2v) is 4.20. The molecule has 0 bridgehead atoms. The summed E-state index contributed by atoms with van der Waals surface area (Å²) in [5, 5.41) is 3.92. The minimum absolute atomic E-state index is 0.239. The standard InChI is InChI=1S/C13H16ClNO/c1-4-7-16-13-6-5-11(8-12(13)14)9-15-10(2)3/h1,5-6,8,10,15H,7,9H2,2-3H3. The first-order valence-corrected chi connectivity index (χ1v) is 5.59. The minimum Gasteiger partial charge on any atom is -0.479 e. The van der Waals surface area contributed by atoms with Gasteiger partial charge in [-0.2, -0.15) is 0 Å². The summed E-state index contributed by atoms with van der Waals surface area (Å²) in [6.07, 6.45) is 5.11. The van der Waals surface area contributed by atoms with E-state index in [2.05, 4.69) is 25.1 Å². The van der Waals surface area contributed by atoms with Crippen molar-refractivity contribution in [3.8, 4) is 18.1 Å². The Hall–Kier alpha value is -1.17. The van der Waals surface area contributed by atoms with E-state index in [9.17, 15) is 0 Å². The fourth-order valence-corrected chi connectivity index (χ4v) is 1.47. The summed E-state index contributed by atoms with van der Waals surface area (Å²) in [5.41, 5.74) is 1.13. The van der Waals surface area contributed by atoms with E-state index >= 15 is 0 Å². The number of benzene rings is 1. The predicted molar refractivity (Wildman–Crippen MR) is 67.8 cm³/mol. The van der Waals surface area contributed by atoms with Crippen molar-refractivity contribution in [2.45, 2.75) is 26.4 Å². The quantitative estimate of drug-likeness (QED) is 0.796. The average molecular weight is 238 g/mol. The van der Waals surface area contributed by atoms with E-state index in [4.69, 9.17) is 22.8 Å². The summed E-state index contributed by atoms with van der Waals surface area (Å²) in [4.78, 5) is 0. The van der Waals surface area contributed by atoms with Crippen LogP contribution in [0.2, 0.25) is 5.02 Å². The number of rotatable bonds is 5. The summed E-state index contributed by atoms with van der Waals surface area (Å²) in [7, 11) is 0. The molecule has 0 saturated carbocycles. The van der Waals surface area contributed by atoms with Gasteiger partial charge in [0.25, 0.3) is 0 Å². The zero-order valence-electron chi connectivity index (χ0n) is 9.59. The molecule has 0 saturated heterocycles. The monoisotopic (exact) mass is 237 g/mol. The second kappa shape index (κ2) is 6.42. The highest BCUT2D eigenvalue weighted by molar-refractivity contribution is 6.32. The van der Waals surface area contributed by atoms with Crippen LogP contribution in [-0.4, -0.2) is 12.6 Å². The van der Waals surface area contributed by atoms with E-state index in [0.29, 0.717) is 16.8 Å². The molecule has 0 aromatic heterocycles. The highest BCUT2D eigenvalue weighted by Crippen LogP contribution is 2.25. The lowest BCUT2D eigenvalue weighted by Gasteiger charge is -2.10. The number of hydrogen-bond acceptors (Lipinski definition) is 2. The number of nitrogens with one attached hydrogen (secondary N) is 1. The number of halogens is 1. The van der Waals surface area contributed by atoms with E-state index in [1.165, 1.54) is 0 Å². The lowest BCUT2D eigenvalue weighted by molar-refractivity contribution is 0.370. The molecular formula is C13H16ClNO. The van der Waals surface area contributed by atoms with Gasteiger partial charge in [-0.15, -0.1) is 6.42 Å². The van der Waals surface area contributed by atoms with Crippen LogP contribution in [0.15, 0.2) is 18.2 Å². The smallest absolute Gasteiger partial charge is 0.148 e. The fourth-order valence-electron chi connectivity index (χ4n) is 1.21. The number of ether oxygens (including phenoxy) is 1. The number of hydrogen-bond donors (Lipinski definition) is 1. The molecule has 1 rings (SSSR count). The van der Waals surface area contributed by atoms with E-state index in [1.54, 1.807) is 0 Å². The normalized spacial score (nSPS) is 10.2. The lowest BCUT2D eigenvalue weighted by Crippen LogP contribution is -2.21. The number of terminal acetylenes is 1. The Morgan fingerprint density at radius 3 is 2.81 bits per heavy atom. The van der Waals surface area contributed by atoms with Crippen LogP contribution in [0.5, 0.6) is 5.75 Å². The maximum absolute atomic E-state index is 6.06.